The van der Waals surface area contributed by atoms with Crippen LogP contribution >= 0.6 is 11.6 Å². The van der Waals surface area contributed by atoms with Gasteiger partial charge < -0.3 is 9.64 Å². The number of hydrogen-bond donors (Lipinski definition) is 0. The predicted molar refractivity (Wildman–Crippen MR) is 78.8 cm³/mol. The average Bonchev–Trinajstić information content (AvgIpc) is 3.00. The fourth-order valence-corrected chi connectivity index (χ4v) is 2.50. The Labute approximate surface area is 131 Å². The lowest BCUT2D eigenvalue weighted by molar-refractivity contribution is -0.384. The molecule has 0 aliphatic carbocycles. The summed E-state index contributed by atoms with van der Waals surface area (Å²) in [4.78, 5) is 35.8. The number of nitrogens with zero attached hydrogens (tertiary/aromatic N) is 2. The van der Waals surface area contributed by atoms with Crippen LogP contribution in [0.25, 0.3) is 0 Å². The molecular weight excluding hydrogens is 312 g/mol. The zero-order valence-electron chi connectivity index (χ0n) is 12.0. The first kappa shape index (κ1) is 16.2. The fraction of sp³-hybridized carbons (Fsp3) is 0.429. The van der Waals surface area contributed by atoms with Gasteiger partial charge in [-0.1, -0.05) is 11.6 Å². The van der Waals surface area contributed by atoms with E-state index in [0.717, 1.165) is 25.0 Å². The molecule has 22 heavy (non-hydrogen) atoms. The lowest BCUT2D eigenvalue weighted by Gasteiger charge is -2.20. The molecule has 8 heteroatoms. The van der Waals surface area contributed by atoms with E-state index in [9.17, 15) is 19.7 Å². The number of nitro benzene ring substituents is 1. The van der Waals surface area contributed by atoms with Gasteiger partial charge in [-0.2, -0.15) is 0 Å². The zero-order chi connectivity index (χ0) is 16.3. The minimum absolute atomic E-state index is 0.00617. The highest BCUT2D eigenvalue weighted by atomic mass is 35.5. The Morgan fingerprint density at radius 1 is 1.36 bits per heavy atom. The number of hydrogen-bond acceptors (Lipinski definition) is 5. The fourth-order valence-electron chi connectivity index (χ4n) is 2.25. The normalized spacial score (nSPS) is 15.5. The number of benzene rings is 1. The van der Waals surface area contributed by atoms with Crippen molar-refractivity contribution >= 4 is 29.2 Å². The van der Waals surface area contributed by atoms with Gasteiger partial charge in [0.05, 0.1) is 15.5 Å². The van der Waals surface area contributed by atoms with Gasteiger partial charge in [0.2, 0.25) is 0 Å². The van der Waals surface area contributed by atoms with E-state index < -0.39 is 17.0 Å². The molecule has 0 aromatic heterocycles. The minimum Gasteiger partial charge on any atom is -0.449 e. The van der Waals surface area contributed by atoms with Crippen molar-refractivity contribution in [2.45, 2.75) is 25.9 Å². The second-order valence-electron chi connectivity index (χ2n) is 5.00. The summed E-state index contributed by atoms with van der Waals surface area (Å²) in [5.41, 5.74) is -0.226. The van der Waals surface area contributed by atoms with E-state index in [1.54, 1.807) is 4.90 Å². The molecule has 1 amide bonds. The van der Waals surface area contributed by atoms with Crippen LogP contribution < -0.4 is 0 Å². The van der Waals surface area contributed by atoms with Crippen LogP contribution in [0.2, 0.25) is 5.02 Å². The van der Waals surface area contributed by atoms with Crippen molar-refractivity contribution < 1.29 is 19.2 Å². The molecule has 1 fully saturated rings. The number of rotatable bonds is 4. The third-order valence-corrected chi connectivity index (χ3v) is 3.75. The third kappa shape index (κ3) is 3.54. The number of carbonyl (C=O) groups excluding carboxylic acids is 2. The number of halogens is 1. The maximum absolute atomic E-state index is 12.1. The minimum atomic E-state index is -0.920. The van der Waals surface area contributed by atoms with Gasteiger partial charge in [0, 0.05) is 25.2 Å². The molecule has 7 nitrogen and oxygen atoms in total. The number of nitro groups is 1. The largest absolute Gasteiger partial charge is 0.449 e. The molecule has 1 aromatic rings. The van der Waals surface area contributed by atoms with E-state index in [1.807, 2.05) is 0 Å². The first-order chi connectivity index (χ1) is 10.4. The summed E-state index contributed by atoms with van der Waals surface area (Å²) < 4.78 is 5.11. The molecule has 118 valence electrons. The maximum Gasteiger partial charge on any atom is 0.340 e. The number of amides is 1. The average molecular weight is 327 g/mol. The van der Waals surface area contributed by atoms with E-state index in [4.69, 9.17) is 16.3 Å². The summed E-state index contributed by atoms with van der Waals surface area (Å²) >= 11 is 5.86. The Balaban J connectivity index is 2.05. The second-order valence-corrected chi connectivity index (χ2v) is 5.41. The predicted octanol–water partition coefficient (Wildman–Crippen LogP) is 2.42. The van der Waals surface area contributed by atoms with Crippen molar-refractivity contribution in [3.63, 3.8) is 0 Å². The van der Waals surface area contributed by atoms with Crippen LogP contribution in [0, 0.1) is 10.1 Å². The molecule has 1 aliphatic heterocycles. The molecule has 1 heterocycles. The Morgan fingerprint density at radius 3 is 2.55 bits per heavy atom. The van der Waals surface area contributed by atoms with E-state index in [2.05, 4.69) is 0 Å². The molecule has 2 rings (SSSR count). The van der Waals surface area contributed by atoms with Crippen LogP contribution in [-0.4, -0.2) is 40.9 Å². The Morgan fingerprint density at radius 2 is 2.00 bits per heavy atom. The summed E-state index contributed by atoms with van der Waals surface area (Å²) in [6, 6.07) is 3.45. The zero-order valence-corrected chi connectivity index (χ0v) is 12.7. The summed E-state index contributed by atoms with van der Waals surface area (Å²) in [5.74, 6) is -1.02. The highest BCUT2D eigenvalue weighted by Gasteiger charge is 2.27. The van der Waals surface area contributed by atoms with Crippen LogP contribution in [-0.2, 0) is 9.53 Å². The Kier molecular flexibility index (Phi) is 4.97. The molecule has 0 radical (unpaired) electrons. The van der Waals surface area contributed by atoms with Crippen LogP contribution in [0.3, 0.4) is 0 Å². The van der Waals surface area contributed by atoms with E-state index in [1.165, 1.54) is 13.0 Å². The number of ether oxygens (including phenoxy) is 1. The monoisotopic (exact) mass is 326 g/mol. The number of non-ortho nitro benzene ring substituents is 1. The van der Waals surface area contributed by atoms with Gasteiger partial charge in [0.1, 0.15) is 0 Å². The van der Waals surface area contributed by atoms with E-state index in [0.29, 0.717) is 13.1 Å². The van der Waals surface area contributed by atoms with Crippen molar-refractivity contribution in [3.8, 4) is 0 Å². The van der Waals surface area contributed by atoms with Crippen molar-refractivity contribution in [1.82, 2.24) is 4.90 Å². The molecule has 0 N–H and O–H groups in total. The highest BCUT2D eigenvalue weighted by Crippen LogP contribution is 2.23. The van der Waals surface area contributed by atoms with E-state index in [-0.39, 0.29) is 22.2 Å². The standard InChI is InChI=1S/C14H15ClN2O5/c1-9(13(18)16-6-2-3-7-16)22-14(19)11-5-4-10(17(20)21)8-12(11)15/h4-5,8-9H,2-3,6-7H2,1H3/t9-/m0/s1. The molecule has 1 aromatic carbocycles. The number of likely N-dealkylation sites (tertiary alicyclic amines) is 1. The van der Waals surface area contributed by atoms with Crippen LogP contribution in [0.1, 0.15) is 30.1 Å². The molecular formula is C14H15ClN2O5. The maximum atomic E-state index is 12.1. The van der Waals surface area contributed by atoms with Gasteiger partial charge in [-0.05, 0) is 25.8 Å². The highest BCUT2D eigenvalue weighted by molar-refractivity contribution is 6.33. The molecule has 0 spiro atoms. The lowest BCUT2D eigenvalue weighted by Crippen LogP contribution is -2.38. The Bertz CT molecular complexity index is 613. The number of carbonyl (C=O) groups is 2. The summed E-state index contributed by atoms with van der Waals surface area (Å²) in [7, 11) is 0. The van der Waals surface area contributed by atoms with Crippen LogP contribution in [0.4, 0.5) is 5.69 Å². The molecule has 1 atom stereocenters. The van der Waals surface area contributed by atoms with Gasteiger partial charge in [0.15, 0.2) is 6.10 Å². The van der Waals surface area contributed by atoms with Crippen LogP contribution in [0.5, 0.6) is 0 Å². The molecule has 0 bridgehead atoms. The SMILES string of the molecule is C[C@H](OC(=O)c1ccc([N+](=O)[O-])cc1Cl)C(=O)N1CCCC1. The molecule has 1 saturated heterocycles. The molecule has 1 aliphatic rings. The first-order valence-corrected chi connectivity index (χ1v) is 7.21. The third-order valence-electron chi connectivity index (χ3n) is 3.43. The van der Waals surface area contributed by atoms with Crippen molar-refractivity contribution in [2.24, 2.45) is 0 Å². The Hall–Kier alpha value is -2.15. The quantitative estimate of drug-likeness (QED) is 0.481. The van der Waals surface area contributed by atoms with Gasteiger partial charge >= 0.3 is 5.97 Å². The van der Waals surface area contributed by atoms with Crippen molar-refractivity contribution in [2.75, 3.05) is 13.1 Å². The van der Waals surface area contributed by atoms with Crippen molar-refractivity contribution in [1.29, 1.82) is 0 Å². The van der Waals surface area contributed by atoms with E-state index >= 15 is 0 Å². The first-order valence-electron chi connectivity index (χ1n) is 6.84. The second kappa shape index (κ2) is 6.74. The molecule has 0 saturated carbocycles. The van der Waals surface area contributed by atoms with Gasteiger partial charge in [-0.25, -0.2) is 4.79 Å². The smallest absolute Gasteiger partial charge is 0.340 e. The summed E-state index contributed by atoms with van der Waals surface area (Å²) in [5, 5.41) is 10.5. The van der Waals surface area contributed by atoms with Gasteiger partial charge in [-0.15, -0.1) is 0 Å². The number of esters is 1. The summed E-state index contributed by atoms with van der Waals surface area (Å²) in [6.07, 6.45) is 0.970. The van der Waals surface area contributed by atoms with Gasteiger partial charge in [-0.3, -0.25) is 14.9 Å². The van der Waals surface area contributed by atoms with Crippen LogP contribution in [0.15, 0.2) is 18.2 Å². The van der Waals surface area contributed by atoms with Gasteiger partial charge in [0.25, 0.3) is 11.6 Å². The topological polar surface area (TPSA) is 89.7 Å². The lowest BCUT2D eigenvalue weighted by atomic mass is 10.2. The summed E-state index contributed by atoms with van der Waals surface area (Å²) in [6.45, 7) is 2.83. The van der Waals surface area contributed by atoms with Crippen molar-refractivity contribution in [3.05, 3.63) is 38.9 Å². The molecule has 0 unspecified atom stereocenters.